The van der Waals surface area contributed by atoms with Crippen LogP contribution in [-0.2, 0) is 11.3 Å². The lowest BCUT2D eigenvalue weighted by Gasteiger charge is -2.10. The van der Waals surface area contributed by atoms with Crippen molar-refractivity contribution < 1.29 is 23.4 Å². The first kappa shape index (κ1) is 19.2. The van der Waals surface area contributed by atoms with E-state index in [0.29, 0.717) is 29.5 Å². The second kappa shape index (κ2) is 9.41. The molecule has 0 saturated heterocycles. The van der Waals surface area contributed by atoms with E-state index in [1.165, 1.54) is 12.1 Å². The molecule has 0 unspecified atom stereocenters. The molecule has 0 aliphatic heterocycles. The Morgan fingerprint density at radius 1 is 0.893 bits per heavy atom. The SMILES string of the molecule is COc1cccc(OCC(=O)NCc2cccc(Oc3ccc(F)cc3)c2)c1. The Hall–Kier alpha value is -3.54. The van der Waals surface area contributed by atoms with Gasteiger partial charge >= 0.3 is 0 Å². The number of amides is 1. The average Bonchev–Trinajstić information content (AvgIpc) is 2.73. The van der Waals surface area contributed by atoms with E-state index in [-0.39, 0.29) is 18.3 Å². The molecular weight excluding hydrogens is 361 g/mol. The number of halogens is 1. The second-order valence-electron chi connectivity index (χ2n) is 5.95. The quantitative estimate of drug-likeness (QED) is 0.631. The summed E-state index contributed by atoms with van der Waals surface area (Å²) in [7, 11) is 1.57. The van der Waals surface area contributed by atoms with Crippen molar-refractivity contribution in [3.05, 3.63) is 84.2 Å². The van der Waals surface area contributed by atoms with Crippen molar-refractivity contribution >= 4 is 5.91 Å². The molecule has 1 amide bonds. The maximum atomic E-state index is 13.0. The number of ether oxygens (including phenoxy) is 3. The van der Waals surface area contributed by atoms with Crippen LogP contribution in [0.15, 0.2) is 72.8 Å². The van der Waals surface area contributed by atoms with Crippen LogP contribution in [0.25, 0.3) is 0 Å². The van der Waals surface area contributed by atoms with Gasteiger partial charge in [-0.25, -0.2) is 4.39 Å². The maximum absolute atomic E-state index is 13.0. The highest BCUT2D eigenvalue weighted by atomic mass is 19.1. The first-order valence-electron chi connectivity index (χ1n) is 8.68. The molecule has 6 heteroatoms. The minimum Gasteiger partial charge on any atom is -0.497 e. The summed E-state index contributed by atoms with van der Waals surface area (Å²) >= 11 is 0. The van der Waals surface area contributed by atoms with Gasteiger partial charge in [-0.1, -0.05) is 18.2 Å². The van der Waals surface area contributed by atoms with Crippen LogP contribution in [0.4, 0.5) is 4.39 Å². The van der Waals surface area contributed by atoms with Gasteiger partial charge in [0.25, 0.3) is 5.91 Å². The molecule has 0 aromatic heterocycles. The predicted molar refractivity (Wildman–Crippen MR) is 103 cm³/mol. The smallest absolute Gasteiger partial charge is 0.258 e. The fourth-order valence-corrected chi connectivity index (χ4v) is 2.45. The Labute approximate surface area is 162 Å². The van der Waals surface area contributed by atoms with Crippen molar-refractivity contribution in [2.24, 2.45) is 0 Å². The molecule has 1 N–H and O–H groups in total. The van der Waals surface area contributed by atoms with Gasteiger partial charge in [-0.3, -0.25) is 4.79 Å². The summed E-state index contributed by atoms with van der Waals surface area (Å²) < 4.78 is 29.2. The average molecular weight is 381 g/mol. The molecule has 5 nitrogen and oxygen atoms in total. The van der Waals surface area contributed by atoms with Crippen LogP contribution in [0.2, 0.25) is 0 Å². The van der Waals surface area contributed by atoms with E-state index in [9.17, 15) is 9.18 Å². The Bertz CT molecular complexity index is 928. The standard InChI is InChI=1S/C22H20FNO4/c1-26-19-5-3-6-20(13-19)27-15-22(25)24-14-16-4-2-7-21(12-16)28-18-10-8-17(23)9-11-18/h2-13H,14-15H2,1H3,(H,24,25). The number of methoxy groups -OCH3 is 1. The van der Waals surface area contributed by atoms with Gasteiger partial charge in [-0.05, 0) is 54.1 Å². The number of hydrogen-bond acceptors (Lipinski definition) is 4. The van der Waals surface area contributed by atoms with Crippen molar-refractivity contribution in [2.75, 3.05) is 13.7 Å². The molecule has 0 saturated carbocycles. The fourth-order valence-electron chi connectivity index (χ4n) is 2.45. The van der Waals surface area contributed by atoms with E-state index in [0.717, 1.165) is 5.56 Å². The molecule has 3 aromatic carbocycles. The summed E-state index contributed by atoms with van der Waals surface area (Å²) in [5.41, 5.74) is 0.870. The summed E-state index contributed by atoms with van der Waals surface area (Å²) in [6.07, 6.45) is 0. The number of benzene rings is 3. The van der Waals surface area contributed by atoms with E-state index >= 15 is 0 Å². The van der Waals surface area contributed by atoms with E-state index in [2.05, 4.69) is 5.32 Å². The van der Waals surface area contributed by atoms with E-state index in [1.54, 1.807) is 49.6 Å². The minimum absolute atomic E-state index is 0.0983. The summed E-state index contributed by atoms with van der Waals surface area (Å²) in [6.45, 7) is 0.236. The van der Waals surface area contributed by atoms with Crippen molar-refractivity contribution in [2.45, 2.75) is 6.54 Å². The number of rotatable bonds is 8. The van der Waals surface area contributed by atoms with Gasteiger partial charge in [-0.15, -0.1) is 0 Å². The van der Waals surface area contributed by atoms with Crippen LogP contribution in [-0.4, -0.2) is 19.6 Å². The largest absolute Gasteiger partial charge is 0.497 e. The molecule has 0 atom stereocenters. The Morgan fingerprint density at radius 2 is 1.61 bits per heavy atom. The molecule has 144 valence electrons. The predicted octanol–water partition coefficient (Wildman–Crippen LogP) is 4.32. The number of carbonyl (C=O) groups excluding carboxylic acids is 1. The monoisotopic (exact) mass is 381 g/mol. The van der Waals surface area contributed by atoms with Crippen molar-refractivity contribution in [1.29, 1.82) is 0 Å². The Morgan fingerprint density at radius 3 is 2.39 bits per heavy atom. The van der Waals surface area contributed by atoms with Gasteiger partial charge in [0.05, 0.1) is 7.11 Å². The second-order valence-corrected chi connectivity index (χ2v) is 5.95. The zero-order valence-electron chi connectivity index (χ0n) is 15.4. The lowest BCUT2D eigenvalue weighted by Crippen LogP contribution is -2.28. The van der Waals surface area contributed by atoms with Crippen molar-refractivity contribution in [3.8, 4) is 23.0 Å². The number of nitrogens with one attached hydrogen (secondary N) is 1. The molecule has 0 heterocycles. The summed E-state index contributed by atoms with van der Waals surface area (Å²) in [5, 5.41) is 2.80. The van der Waals surface area contributed by atoms with Crippen LogP contribution >= 0.6 is 0 Å². The van der Waals surface area contributed by atoms with E-state index in [1.807, 2.05) is 18.2 Å². The van der Waals surface area contributed by atoms with Crippen LogP contribution < -0.4 is 19.5 Å². The van der Waals surface area contributed by atoms with Gasteiger partial charge in [0.15, 0.2) is 6.61 Å². The maximum Gasteiger partial charge on any atom is 0.258 e. The lowest BCUT2D eigenvalue weighted by molar-refractivity contribution is -0.123. The third-order valence-electron chi connectivity index (χ3n) is 3.85. The number of carbonyl (C=O) groups is 1. The topological polar surface area (TPSA) is 56.8 Å². The van der Waals surface area contributed by atoms with Gasteiger partial charge in [0.1, 0.15) is 28.8 Å². The van der Waals surface area contributed by atoms with Crippen LogP contribution in [0, 0.1) is 5.82 Å². The van der Waals surface area contributed by atoms with Gasteiger partial charge < -0.3 is 19.5 Å². The van der Waals surface area contributed by atoms with Crippen LogP contribution in [0.3, 0.4) is 0 Å². The van der Waals surface area contributed by atoms with Crippen LogP contribution in [0.1, 0.15) is 5.56 Å². The Kier molecular flexibility index (Phi) is 6.46. The highest BCUT2D eigenvalue weighted by Crippen LogP contribution is 2.22. The van der Waals surface area contributed by atoms with Gasteiger partial charge in [0, 0.05) is 12.6 Å². The van der Waals surface area contributed by atoms with E-state index in [4.69, 9.17) is 14.2 Å². The summed E-state index contributed by atoms with van der Waals surface area (Å²) in [6, 6.07) is 20.1. The fraction of sp³-hybridized carbons (Fsp3) is 0.136. The molecule has 3 aromatic rings. The van der Waals surface area contributed by atoms with E-state index < -0.39 is 0 Å². The third kappa shape index (κ3) is 5.74. The molecule has 28 heavy (non-hydrogen) atoms. The highest BCUT2D eigenvalue weighted by molar-refractivity contribution is 5.77. The molecular formula is C22H20FNO4. The van der Waals surface area contributed by atoms with Gasteiger partial charge in [-0.2, -0.15) is 0 Å². The first-order chi connectivity index (χ1) is 13.6. The molecule has 0 spiro atoms. The lowest BCUT2D eigenvalue weighted by atomic mass is 10.2. The zero-order valence-corrected chi connectivity index (χ0v) is 15.4. The highest BCUT2D eigenvalue weighted by Gasteiger charge is 2.05. The summed E-state index contributed by atoms with van der Waals surface area (Å²) in [5.74, 6) is 1.80. The molecule has 0 bridgehead atoms. The van der Waals surface area contributed by atoms with Crippen molar-refractivity contribution in [1.82, 2.24) is 5.32 Å². The molecule has 0 radical (unpaired) electrons. The summed E-state index contributed by atoms with van der Waals surface area (Å²) in [4.78, 5) is 12.0. The van der Waals surface area contributed by atoms with Crippen molar-refractivity contribution in [3.63, 3.8) is 0 Å². The normalized spacial score (nSPS) is 10.2. The molecule has 0 aliphatic rings. The first-order valence-corrected chi connectivity index (χ1v) is 8.68. The van der Waals surface area contributed by atoms with Gasteiger partial charge in [0.2, 0.25) is 0 Å². The molecule has 3 rings (SSSR count). The molecule has 0 aliphatic carbocycles. The Balaban J connectivity index is 1.49. The third-order valence-corrected chi connectivity index (χ3v) is 3.85. The van der Waals surface area contributed by atoms with Crippen LogP contribution in [0.5, 0.6) is 23.0 Å². The number of hydrogen-bond donors (Lipinski definition) is 1. The molecule has 0 fully saturated rings. The minimum atomic E-state index is -0.319. The zero-order chi connectivity index (χ0) is 19.8.